The van der Waals surface area contributed by atoms with Crippen LogP contribution in [0.2, 0.25) is 5.02 Å². The van der Waals surface area contributed by atoms with Gasteiger partial charge in [-0.15, -0.1) is 10.2 Å². The molecule has 200 valence electrons. The number of benzene rings is 2. The van der Waals surface area contributed by atoms with Gasteiger partial charge in [-0.3, -0.25) is 9.47 Å². The van der Waals surface area contributed by atoms with E-state index in [1.807, 2.05) is 25.1 Å². The summed E-state index contributed by atoms with van der Waals surface area (Å²) < 4.78 is 58.9. The van der Waals surface area contributed by atoms with Gasteiger partial charge in [0.2, 0.25) is 0 Å². The maximum atomic E-state index is 14.6. The molecule has 2 aromatic carbocycles. The summed E-state index contributed by atoms with van der Waals surface area (Å²) in [5, 5.41) is 9.71. The van der Waals surface area contributed by atoms with Crippen molar-refractivity contribution in [2.75, 3.05) is 18.0 Å². The van der Waals surface area contributed by atoms with Crippen molar-refractivity contribution in [1.29, 1.82) is 0 Å². The SMILES string of the molecule is Cc1ccc(F)c(N2CC3(CC(c4nnc5n4-c4ccc(Cl)cc4CN(C4(C)CC(F)(F)C4)C5)C3)C2)c1F. The first-order valence-corrected chi connectivity index (χ1v) is 13.4. The van der Waals surface area contributed by atoms with Crippen molar-refractivity contribution in [2.45, 2.75) is 70.0 Å². The van der Waals surface area contributed by atoms with Crippen LogP contribution in [0.25, 0.3) is 5.69 Å². The van der Waals surface area contributed by atoms with Crippen LogP contribution in [0.1, 0.15) is 61.3 Å². The zero-order valence-electron chi connectivity index (χ0n) is 21.2. The lowest BCUT2D eigenvalue weighted by molar-refractivity contribution is -0.173. The van der Waals surface area contributed by atoms with Crippen molar-refractivity contribution >= 4 is 17.3 Å². The summed E-state index contributed by atoms with van der Waals surface area (Å²) in [7, 11) is 0. The van der Waals surface area contributed by atoms with Crippen LogP contribution in [-0.2, 0) is 13.1 Å². The summed E-state index contributed by atoms with van der Waals surface area (Å²) in [4.78, 5) is 3.87. The molecule has 38 heavy (non-hydrogen) atoms. The highest BCUT2D eigenvalue weighted by Crippen LogP contribution is 2.57. The molecular weight excluding hydrogens is 518 g/mol. The van der Waals surface area contributed by atoms with Crippen molar-refractivity contribution in [1.82, 2.24) is 19.7 Å². The second-order valence-corrected chi connectivity index (χ2v) is 12.6. The maximum absolute atomic E-state index is 14.6. The Kier molecular flexibility index (Phi) is 5.10. The zero-order valence-corrected chi connectivity index (χ0v) is 22.0. The molecule has 0 N–H and O–H groups in total. The molecule has 0 amide bonds. The van der Waals surface area contributed by atoms with Crippen LogP contribution in [0, 0.1) is 24.0 Å². The molecule has 5 nitrogen and oxygen atoms in total. The van der Waals surface area contributed by atoms with Crippen molar-refractivity contribution in [3.8, 4) is 5.69 Å². The molecule has 2 saturated carbocycles. The maximum Gasteiger partial charge on any atom is 0.251 e. The van der Waals surface area contributed by atoms with E-state index in [0.717, 1.165) is 35.7 Å². The van der Waals surface area contributed by atoms with E-state index in [2.05, 4.69) is 19.7 Å². The van der Waals surface area contributed by atoms with E-state index in [4.69, 9.17) is 11.6 Å². The van der Waals surface area contributed by atoms with Crippen LogP contribution in [0.15, 0.2) is 30.3 Å². The second kappa shape index (κ2) is 7.94. The Morgan fingerprint density at radius 2 is 1.74 bits per heavy atom. The smallest absolute Gasteiger partial charge is 0.251 e. The monoisotopic (exact) mass is 545 g/mol. The van der Waals surface area contributed by atoms with E-state index in [1.54, 1.807) is 11.8 Å². The average molecular weight is 546 g/mol. The number of anilines is 1. The van der Waals surface area contributed by atoms with Crippen LogP contribution >= 0.6 is 11.6 Å². The van der Waals surface area contributed by atoms with Gasteiger partial charge in [0.15, 0.2) is 11.6 Å². The van der Waals surface area contributed by atoms with Gasteiger partial charge in [0.1, 0.15) is 17.3 Å². The van der Waals surface area contributed by atoms with E-state index in [-0.39, 0.29) is 29.9 Å². The molecule has 0 atom stereocenters. The number of hydrogen-bond acceptors (Lipinski definition) is 4. The standard InChI is InChI=1S/C28H28ClF4N5/c1-16-3-5-20(30)24(23(16)31)36-14-27(15-36)8-18(9-27)25-35-34-22-11-37(26(2)12-28(32,33)13-26)10-17-7-19(29)4-6-21(17)38(22)25/h3-7,18H,8-15H2,1-2H3. The number of nitrogens with zero attached hydrogens (tertiary/aromatic N) is 5. The molecule has 10 heteroatoms. The van der Waals surface area contributed by atoms with E-state index < -0.39 is 23.1 Å². The number of aromatic nitrogens is 3. The van der Waals surface area contributed by atoms with Crippen LogP contribution in [0.5, 0.6) is 0 Å². The topological polar surface area (TPSA) is 37.2 Å². The Morgan fingerprint density at radius 3 is 2.45 bits per heavy atom. The van der Waals surface area contributed by atoms with Gasteiger partial charge in [-0.25, -0.2) is 17.6 Å². The molecule has 3 fully saturated rings. The summed E-state index contributed by atoms with van der Waals surface area (Å²) in [6.45, 7) is 5.67. The number of aryl methyl sites for hydroxylation is 1. The summed E-state index contributed by atoms with van der Waals surface area (Å²) in [6.07, 6.45) is 1.35. The van der Waals surface area contributed by atoms with Crippen molar-refractivity contribution < 1.29 is 17.6 Å². The van der Waals surface area contributed by atoms with Gasteiger partial charge >= 0.3 is 0 Å². The zero-order chi connectivity index (χ0) is 26.6. The van der Waals surface area contributed by atoms with Crippen LogP contribution in [0.4, 0.5) is 23.2 Å². The predicted molar refractivity (Wildman–Crippen MR) is 136 cm³/mol. The summed E-state index contributed by atoms with van der Waals surface area (Å²) in [5.74, 6) is -1.91. The number of halogens is 5. The van der Waals surface area contributed by atoms with Crippen molar-refractivity contribution in [3.05, 3.63) is 69.8 Å². The largest absolute Gasteiger partial charge is 0.366 e. The average Bonchev–Trinajstić information content (AvgIpc) is 3.10. The molecule has 0 unspecified atom stereocenters. The molecule has 7 rings (SSSR count). The second-order valence-electron chi connectivity index (χ2n) is 12.1. The number of fused-ring (bicyclic) bond motifs is 3. The van der Waals surface area contributed by atoms with Crippen LogP contribution < -0.4 is 4.90 Å². The lowest BCUT2D eigenvalue weighted by Gasteiger charge is -2.59. The molecule has 2 aliphatic carbocycles. The first-order chi connectivity index (χ1) is 18.0. The molecule has 2 aliphatic heterocycles. The lowest BCUT2D eigenvalue weighted by Crippen LogP contribution is -2.62. The Morgan fingerprint density at radius 1 is 1.00 bits per heavy atom. The highest BCUT2D eigenvalue weighted by atomic mass is 35.5. The first-order valence-electron chi connectivity index (χ1n) is 13.0. The van der Waals surface area contributed by atoms with Gasteiger partial charge in [0.25, 0.3) is 5.92 Å². The highest BCUT2D eigenvalue weighted by Gasteiger charge is 2.58. The Labute approximate surface area is 223 Å². The molecule has 1 aromatic heterocycles. The Hall–Kier alpha value is -2.65. The minimum Gasteiger partial charge on any atom is -0.366 e. The van der Waals surface area contributed by atoms with E-state index in [1.165, 1.54) is 12.1 Å². The minimum absolute atomic E-state index is 0.00423. The highest BCUT2D eigenvalue weighted by molar-refractivity contribution is 6.30. The molecule has 1 saturated heterocycles. The van der Waals surface area contributed by atoms with E-state index in [0.29, 0.717) is 36.8 Å². The molecular formula is C28H28ClF4N5. The molecule has 0 bridgehead atoms. The fourth-order valence-electron chi connectivity index (χ4n) is 7.24. The van der Waals surface area contributed by atoms with Crippen LogP contribution in [-0.4, -0.2) is 44.2 Å². The fraction of sp³-hybridized carbons (Fsp3) is 0.500. The Balaban J connectivity index is 1.15. The van der Waals surface area contributed by atoms with E-state index in [9.17, 15) is 17.6 Å². The van der Waals surface area contributed by atoms with Gasteiger partial charge in [0.05, 0.1) is 12.2 Å². The van der Waals surface area contributed by atoms with Crippen molar-refractivity contribution in [3.63, 3.8) is 0 Å². The summed E-state index contributed by atoms with van der Waals surface area (Å²) >= 11 is 6.35. The molecule has 4 aliphatic rings. The number of alkyl halides is 2. The molecule has 1 spiro atoms. The first kappa shape index (κ1) is 24.4. The van der Waals surface area contributed by atoms with Gasteiger partial charge < -0.3 is 4.90 Å². The normalized spacial score (nSPS) is 23.2. The number of hydrogen-bond donors (Lipinski definition) is 0. The lowest BCUT2D eigenvalue weighted by atomic mass is 9.57. The summed E-state index contributed by atoms with van der Waals surface area (Å²) in [6, 6.07) is 8.48. The van der Waals surface area contributed by atoms with E-state index >= 15 is 0 Å². The summed E-state index contributed by atoms with van der Waals surface area (Å²) in [5.41, 5.74) is 1.78. The molecule has 3 aromatic rings. The van der Waals surface area contributed by atoms with Gasteiger partial charge in [-0.05, 0) is 62.1 Å². The molecule has 3 heterocycles. The predicted octanol–water partition coefficient (Wildman–Crippen LogP) is 6.39. The fourth-order valence-corrected chi connectivity index (χ4v) is 7.43. The number of rotatable bonds is 3. The van der Waals surface area contributed by atoms with Crippen molar-refractivity contribution in [2.24, 2.45) is 5.41 Å². The third-order valence-electron chi connectivity index (χ3n) is 9.13. The minimum atomic E-state index is -2.64. The Bertz CT molecular complexity index is 1450. The third kappa shape index (κ3) is 3.61. The van der Waals surface area contributed by atoms with Gasteiger partial charge in [-0.1, -0.05) is 17.7 Å². The molecule has 0 radical (unpaired) electrons. The quantitative estimate of drug-likeness (QED) is 0.357. The van der Waals surface area contributed by atoms with Gasteiger partial charge in [0, 0.05) is 54.4 Å². The van der Waals surface area contributed by atoms with Gasteiger partial charge in [-0.2, -0.15) is 0 Å². The van der Waals surface area contributed by atoms with Crippen LogP contribution in [0.3, 0.4) is 0 Å². The third-order valence-corrected chi connectivity index (χ3v) is 9.36.